The highest BCUT2D eigenvalue weighted by molar-refractivity contribution is 6.03. The van der Waals surface area contributed by atoms with E-state index in [-0.39, 0.29) is 12.1 Å². The number of hydrogen-bond donors (Lipinski definition) is 2. The number of benzene rings is 1. The monoisotopic (exact) mass is 245 g/mol. The zero-order chi connectivity index (χ0) is 12.7. The van der Waals surface area contributed by atoms with Gasteiger partial charge in [0.2, 0.25) is 0 Å². The average Bonchev–Trinajstić information content (AvgIpc) is 2.50. The number of nitrogens with zero attached hydrogens (tertiary/aromatic N) is 1. The van der Waals surface area contributed by atoms with Gasteiger partial charge in [-0.3, -0.25) is 4.79 Å². The van der Waals surface area contributed by atoms with Crippen LogP contribution in [0.15, 0.2) is 18.2 Å². The SMILES string of the molecule is Cc1cccc2c1C(=O)N[C@@H]1C[C@@H](C)NCCN21. The van der Waals surface area contributed by atoms with Gasteiger partial charge in [0.15, 0.2) is 0 Å². The molecule has 4 heteroatoms. The lowest BCUT2D eigenvalue weighted by atomic mass is 10.0. The van der Waals surface area contributed by atoms with Gasteiger partial charge in [0.1, 0.15) is 6.17 Å². The average molecular weight is 245 g/mol. The summed E-state index contributed by atoms with van der Waals surface area (Å²) in [6.07, 6.45) is 1.07. The molecule has 3 rings (SSSR count). The Hall–Kier alpha value is -1.55. The van der Waals surface area contributed by atoms with Crippen molar-refractivity contribution in [3.8, 4) is 0 Å². The summed E-state index contributed by atoms with van der Waals surface area (Å²) >= 11 is 0. The van der Waals surface area contributed by atoms with E-state index in [0.29, 0.717) is 6.04 Å². The third-order valence-electron chi connectivity index (χ3n) is 3.88. The number of rotatable bonds is 0. The molecule has 0 aliphatic carbocycles. The predicted octanol–water partition coefficient (Wildman–Crippen LogP) is 1.25. The summed E-state index contributed by atoms with van der Waals surface area (Å²) in [5.41, 5.74) is 2.97. The predicted molar refractivity (Wildman–Crippen MR) is 71.9 cm³/mol. The summed E-state index contributed by atoms with van der Waals surface area (Å²) in [5.74, 6) is 0.0680. The van der Waals surface area contributed by atoms with Crippen LogP contribution in [0.5, 0.6) is 0 Å². The van der Waals surface area contributed by atoms with E-state index in [1.807, 2.05) is 19.1 Å². The summed E-state index contributed by atoms with van der Waals surface area (Å²) in [6, 6.07) is 6.53. The first-order valence-electron chi connectivity index (χ1n) is 6.57. The molecule has 2 heterocycles. The quantitative estimate of drug-likeness (QED) is 0.723. The molecule has 1 saturated heterocycles. The summed E-state index contributed by atoms with van der Waals surface area (Å²) < 4.78 is 0. The van der Waals surface area contributed by atoms with Crippen molar-refractivity contribution in [2.75, 3.05) is 18.0 Å². The topological polar surface area (TPSA) is 44.4 Å². The van der Waals surface area contributed by atoms with Crippen LogP contribution in [0.25, 0.3) is 0 Å². The Bertz CT molecular complexity index is 486. The minimum absolute atomic E-state index is 0.0680. The van der Waals surface area contributed by atoms with Crippen molar-refractivity contribution < 1.29 is 4.79 Å². The van der Waals surface area contributed by atoms with Gasteiger partial charge in [0, 0.05) is 25.6 Å². The third kappa shape index (κ3) is 1.77. The molecule has 0 aromatic heterocycles. The Kier molecular flexibility index (Phi) is 2.74. The fraction of sp³-hybridized carbons (Fsp3) is 0.500. The molecule has 2 atom stereocenters. The molecular weight excluding hydrogens is 226 g/mol. The van der Waals surface area contributed by atoms with Gasteiger partial charge < -0.3 is 15.5 Å². The van der Waals surface area contributed by atoms with Crippen LogP contribution in [-0.2, 0) is 0 Å². The van der Waals surface area contributed by atoms with Gasteiger partial charge in [-0.05, 0) is 25.5 Å². The van der Waals surface area contributed by atoms with E-state index >= 15 is 0 Å². The lowest BCUT2D eigenvalue weighted by Crippen LogP contribution is -2.53. The van der Waals surface area contributed by atoms with E-state index in [9.17, 15) is 4.79 Å². The molecule has 0 radical (unpaired) electrons. The molecule has 0 spiro atoms. The Morgan fingerprint density at radius 2 is 2.22 bits per heavy atom. The number of aryl methyl sites for hydroxylation is 1. The van der Waals surface area contributed by atoms with Crippen molar-refractivity contribution in [3.05, 3.63) is 29.3 Å². The molecule has 1 aromatic rings. The highest BCUT2D eigenvalue weighted by Crippen LogP contribution is 2.30. The summed E-state index contributed by atoms with van der Waals surface area (Å²) in [4.78, 5) is 14.5. The van der Waals surface area contributed by atoms with Crippen LogP contribution in [0.4, 0.5) is 5.69 Å². The smallest absolute Gasteiger partial charge is 0.255 e. The number of nitrogens with one attached hydrogen (secondary N) is 2. The summed E-state index contributed by atoms with van der Waals surface area (Å²) in [5, 5.41) is 6.60. The van der Waals surface area contributed by atoms with E-state index in [1.165, 1.54) is 0 Å². The van der Waals surface area contributed by atoms with E-state index in [4.69, 9.17) is 0 Å². The number of amides is 1. The molecule has 1 fully saturated rings. The standard InChI is InChI=1S/C14H19N3O/c1-9-4-3-5-11-13(9)14(18)16-12-8-10(2)15-6-7-17(11)12/h3-5,10,12,15H,6-8H2,1-2H3,(H,16,18)/t10-,12+/m1/s1. The maximum atomic E-state index is 12.2. The summed E-state index contributed by atoms with van der Waals surface area (Å²) in [6.45, 7) is 6.06. The Morgan fingerprint density at radius 3 is 3.06 bits per heavy atom. The normalized spacial score (nSPS) is 27.0. The van der Waals surface area contributed by atoms with Crippen molar-refractivity contribution in [2.24, 2.45) is 0 Å². The van der Waals surface area contributed by atoms with Crippen molar-refractivity contribution >= 4 is 11.6 Å². The third-order valence-corrected chi connectivity index (χ3v) is 3.88. The van der Waals surface area contributed by atoms with Crippen molar-refractivity contribution in [1.29, 1.82) is 0 Å². The first kappa shape index (κ1) is 11.5. The molecule has 0 bridgehead atoms. The first-order chi connectivity index (χ1) is 8.66. The highest BCUT2D eigenvalue weighted by Gasteiger charge is 2.33. The van der Waals surface area contributed by atoms with E-state index < -0.39 is 0 Å². The lowest BCUT2D eigenvalue weighted by Gasteiger charge is -2.38. The molecule has 1 aromatic carbocycles. The number of anilines is 1. The number of fused-ring (bicyclic) bond motifs is 3. The minimum atomic E-state index is 0.0680. The molecule has 0 unspecified atom stereocenters. The van der Waals surface area contributed by atoms with Crippen LogP contribution in [-0.4, -0.2) is 31.2 Å². The molecule has 2 aliphatic rings. The van der Waals surface area contributed by atoms with Crippen LogP contribution in [0.2, 0.25) is 0 Å². The lowest BCUT2D eigenvalue weighted by molar-refractivity contribution is 0.0924. The Labute approximate surface area is 107 Å². The second-order valence-corrected chi connectivity index (χ2v) is 5.24. The van der Waals surface area contributed by atoms with Gasteiger partial charge in [-0.1, -0.05) is 12.1 Å². The maximum Gasteiger partial charge on any atom is 0.255 e. The van der Waals surface area contributed by atoms with Gasteiger partial charge in [-0.15, -0.1) is 0 Å². The van der Waals surface area contributed by atoms with E-state index in [1.54, 1.807) is 0 Å². The zero-order valence-electron chi connectivity index (χ0n) is 10.9. The Balaban J connectivity index is 2.05. The molecular formula is C14H19N3O. The molecule has 2 aliphatic heterocycles. The molecule has 96 valence electrons. The zero-order valence-corrected chi connectivity index (χ0v) is 10.9. The van der Waals surface area contributed by atoms with Gasteiger partial charge in [0.25, 0.3) is 5.91 Å². The number of hydrogen-bond acceptors (Lipinski definition) is 3. The number of carbonyl (C=O) groups is 1. The van der Waals surface area contributed by atoms with Crippen LogP contribution in [0.3, 0.4) is 0 Å². The van der Waals surface area contributed by atoms with Gasteiger partial charge in [0.05, 0.1) is 11.3 Å². The van der Waals surface area contributed by atoms with Crippen LogP contribution >= 0.6 is 0 Å². The van der Waals surface area contributed by atoms with E-state index in [0.717, 1.165) is 36.3 Å². The molecule has 1 amide bonds. The molecule has 2 N–H and O–H groups in total. The molecule has 0 saturated carbocycles. The second-order valence-electron chi connectivity index (χ2n) is 5.24. The van der Waals surface area contributed by atoms with Crippen molar-refractivity contribution in [1.82, 2.24) is 10.6 Å². The number of carbonyl (C=O) groups excluding carboxylic acids is 1. The molecule has 4 nitrogen and oxygen atoms in total. The Morgan fingerprint density at radius 1 is 1.39 bits per heavy atom. The largest absolute Gasteiger partial charge is 0.349 e. The van der Waals surface area contributed by atoms with Crippen LogP contribution in [0, 0.1) is 6.92 Å². The minimum Gasteiger partial charge on any atom is -0.349 e. The first-order valence-corrected chi connectivity index (χ1v) is 6.57. The summed E-state index contributed by atoms with van der Waals surface area (Å²) in [7, 11) is 0. The van der Waals surface area contributed by atoms with E-state index in [2.05, 4.69) is 28.5 Å². The van der Waals surface area contributed by atoms with Crippen LogP contribution < -0.4 is 15.5 Å². The second kappa shape index (κ2) is 4.28. The fourth-order valence-corrected chi connectivity index (χ4v) is 2.97. The van der Waals surface area contributed by atoms with Gasteiger partial charge >= 0.3 is 0 Å². The highest BCUT2D eigenvalue weighted by atomic mass is 16.2. The van der Waals surface area contributed by atoms with Crippen LogP contribution in [0.1, 0.15) is 29.3 Å². The molecule has 18 heavy (non-hydrogen) atoms. The van der Waals surface area contributed by atoms with Gasteiger partial charge in [-0.25, -0.2) is 0 Å². The van der Waals surface area contributed by atoms with Crippen molar-refractivity contribution in [3.63, 3.8) is 0 Å². The van der Waals surface area contributed by atoms with Crippen molar-refractivity contribution in [2.45, 2.75) is 32.5 Å². The maximum absolute atomic E-state index is 12.2. The van der Waals surface area contributed by atoms with Gasteiger partial charge in [-0.2, -0.15) is 0 Å². The fourth-order valence-electron chi connectivity index (χ4n) is 2.97.